The van der Waals surface area contributed by atoms with Crippen molar-refractivity contribution in [2.75, 3.05) is 19.6 Å². The number of benzene rings is 1. The lowest BCUT2D eigenvalue weighted by Crippen LogP contribution is -2.33. The van der Waals surface area contributed by atoms with Gasteiger partial charge in [0.1, 0.15) is 0 Å². The van der Waals surface area contributed by atoms with Gasteiger partial charge in [-0.1, -0.05) is 38.1 Å². The Hall–Kier alpha value is -1.45. The van der Waals surface area contributed by atoms with Crippen LogP contribution in [0.3, 0.4) is 0 Å². The second-order valence-electron chi connectivity index (χ2n) is 6.59. The molecular weight excluding hydrogens is 246 g/mol. The van der Waals surface area contributed by atoms with Gasteiger partial charge in [0, 0.05) is 36.9 Å². The molecule has 106 valence electrons. The molecule has 2 N–H and O–H groups in total. The monoisotopic (exact) mass is 269 g/mol. The van der Waals surface area contributed by atoms with Gasteiger partial charge in [-0.3, -0.25) is 9.88 Å². The van der Waals surface area contributed by atoms with E-state index in [2.05, 4.69) is 48.0 Å². The summed E-state index contributed by atoms with van der Waals surface area (Å²) in [6.45, 7) is 7.55. The lowest BCUT2D eigenvalue weighted by molar-refractivity contribution is 0.224. The SMILES string of the molecule is CC1(C)CCN(C(CN)c2cncc3ccccc23)C1. The van der Waals surface area contributed by atoms with E-state index in [-0.39, 0.29) is 6.04 Å². The number of hydrogen-bond donors (Lipinski definition) is 1. The molecule has 3 rings (SSSR count). The second-order valence-corrected chi connectivity index (χ2v) is 6.59. The molecule has 1 fully saturated rings. The first-order chi connectivity index (χ1) is 9.61. The fraction of sp³-hybridized carbons (Fsp3) is 0.471. The lowest BCUT2D eigenvalue weighted by atomic mass is 9.93. The minimum Gasteiger partial charge on any atom is -0.329 e. The number of nitrogens with two attached hydrogens (primary N) is 1. The van der Waals surface area contributed by atoms with E-state index in [0.29, 0.717) is 12.0 Å². The fourth-order valence-electron chi connectivity index (χ4n) is 3.30. The van der Waals surface area contributed by atoms with Gasteiger partial charge in [0.2, 0.25) is 0 Å². The van der Waals surface area contributed by atoms with Gasteiger partial charge >= 0.3 is 0 Å². The topological polar surface area (TPSA) is 42.1 Å². The summed E-state index contributed by atoms with van der Waals surface area (Å²) in [5.41, 5.74) is 7.76. The van der Waals surface area contributed by atoms with Crippen LogP contribution in [0.1, 0.15) is 31.9 Å². The molecule has 3 nitrogen and oxygen atoms in total. The molecule has 1 unspecified atom stereocenters. The van der Waals surface area contributed by atoms with Gasteiger partial charge in [-0.05, 0) is 29.3 Å². The highest BCUT2D eigenvalue weighted by Crippen LogP contribution is 2.36. The minimum absolute atomic E-state index is 0.273. The number of fused-ring (bicyclic) bond motifs is 1. The predicted octanol–water partition coefficient (Wildman–Crippen LogP) is 2.97. The van der Waals surface area contributed by atoms with Gasteiger partial charge in [-0.15, -0.1) is 0 Å². The zero-order chi connectivity index (χ0) is 14.2. The summed E-state index contributed by atoms with van der Waals surface area (Å²) < 4.78 is 0. The van der Waals surface area contributed by atoms with E-state index in [1.807, 2.05) is 12.4 Å². The second kappa shape index (κ2) is 5.15. The number of likely N-dealkylation sites (tertiary alicyclic amines) is 1. The van der Waals surface area contributed by atoms with Crippen molar-refractivity contribution in [1.82, 2.24) is 9.88 Å². The Labute approximate surface area is 120 Å². The molecule has 1 aliphatic heterocycles. The molecule has 0 spiro atoms. The zero-order valence-electron chi connectivity index (χ0n) is 12.3. The molecule has 0 saturated carbocycles. The van der Waals surface area contributed by atoms with Crippen LogP contribution < -0.4 is 5.73 Å². The number of rotatable bonds is 3. The highest BCUT2D eigenvalue weighted by Gasteiger charge is 2.33. The maximum atomic E-state index is 6.09. The average molecular weight is 269 g/mol. The van der Waals surface area contributed by atoms with Crippen LogP contribution in [0.5, 0.6) is 0 Å². The van der Waals surface area contributed by atoms with E-state index in [4.69, 9.17) is 5.73 Å². The first-order valence-electron chi connectivity index (χ1n) is 7.37. The fourth-order valence-corrected chi connectivity index (χ4v) is 3.30. The quantitative estimate of drug-likeness (QED) is 0.931. The molecule has 2 aromatic rings. The Morgan fingerprint density at radius 3 is 2.80 bits per heavy atom. The molecule has 3 heteroatoms. The summed E-state index contributed by atoms with van der Waals surface area (Å²) >= 11 is 0. The van der Waals surface area contributed by atoms with Gasteiger partial charge in [0.15, 0.2) is 0 Å². The molecule has 0 amide bonds. The third-order valence-corrected chi connectivity index (χ3v) is 4.43. The Morgan fingerprint density at radius 2 is 2.10 bits per heavy atom. The van der Waals surface area contributed by atoms with Crippen LogP contribution in [0.15, 0.2) is 36.7 Å². The van der Waals surface area contributed by atoms with E-state index >= 15 is 0 Å². The minimum atomic E-state index is 0.273. The van der Waals surface area contributed by atoms with Crippen molar-refractivity contribution in [3.63, 3.8) is 0 Å². The van der Waals surface area contributed by atoms with Gasteiger partial charge < -0.3 is 5.73 Å². The molecule has 2 heterocycles. The van der Waals surface area contributed by atoms with Crippen LogP contribution in [-0.2, 0) is 0 Å². The molecule has 0 bridgehead atoms. The zero-order valence-corrected chi connectivity index (χ0v) is 12.3. The molecule has 0 radical (unpaired) electrons. The van der Waals surface area contributed by atoms with Crippen LogP contribution >= 0.6 is 0 Å². The van der Waals surface area contributed by atoms with Crippen molar-refractivity contribution in [1.29, 1.82) is 0 Å². The van der Waals surface area contributed by atoms with Crippen molar-refractivity contribution in [2.24, 2.45) is 11.1 Å². The van der Waals surface area contributed by atoms with Crippen LogP contribution in [0.25, 0.3) is 10.8 Å². The first kappa shape index (κ1) is 13.5. The Morgan fingerprint density at radius 1 is 1.30 bits per heavy atom. The van der Waals surface area contributed by atoms with Crippen LogP contribution in [-0.4, -0.2) is 29.5 Å². The number of aromatic nitrogens is 1. The van der Waals surface area contributed by atoms with Gasteiger partial charge in [-0.2, -0.15) is 0 Å². The van der Waals surface area contributed by atoms with Gasteiger partial charge in [0.05, 0.1) is 0 Å². The van der Waals surface area contributed by atoms with E-state index in [1.165, 1.54) is 22.8 Å². The molecular formula is C17H23N3. The number of pyridine rings is 1. The molecule has 1 aromatic heterocycles. The Balaban J connectivity index is 2.00. The van der Waals surface area contributed by atoms with Crippen molar-refractivity contribution >= 4 is 10.8 Å². The van der Waals surface area contributed by atoms with Crippen LogP contribution in [0, 0.1) is 5.41 Å². The summed E-state index contributed by atoms with van der Waals surface area (Å²) in [5, 5.41) is 2.48. The van der Waals surface area contributed by atoms with Crippen LogP contribution in [0.2, 0.25) is 0 Å². The highest BCUT2D eigenvalue weighted by molar-refractivity contribution is 5.85. The third-order valence-electron chi connectivity index (χ3n) is 4.43. The van der Waals surface area contributed by atoms with Crippen molar-refractivity contribution < 1.29 is 0 Å². The molecule has 20 heavy (non-hydrogen) atoms. The van der Waals surface area contributed by atoms with Crippen molar-refractivity contribution in [3.05, 3.63) is 42.2 Å². The van der Waals surface area contributed by atoms with E-state index < -0.39 is 0 Å². The average Bonchev–Trinajstić information content (AvgIpc) is 2.80. The number of nitrogens with zero attached hydrogens (tertiary/aromatic N) is 2. The van der Waals surface area contributed by atoms with E-state index in [9.17, 15) is 0 Å². The summed E-state index contributed by atoms with van der Waals surface area (Å²) in [6.07, 6.45) is 5.16. The summed E-state index contributed by atoms with van der Waals surface area (Å²) in [6, 6.07) is 8.72. The Kier molecular flexibility index (Phi) is 3.48. The molecule has 0 aliphatic carbocycles. The summed E-state index contributed by atoms with van der Waals surface area (Å²) in [5.74, 6) is 0. The van der Waals surface area contributed by atoms with Crippen molar-refractivity contribution in [3.8, 4) is 0 Å². The first-order valence-corrected chi connectivity index (χ1v) is 7.37. The maximum absolute atomic E-state index is 6.09. The summed E-state index contributed by atoms with van der Waals surface area (Å²) in [4.78, 5) is 6.92. The highest BCUT2D eigenvalue weighted by atomic mass is 15.2. The van der Waals surface area contributed by atoms with Crippen molar-refractivity contribution in [2.45, 2.75) is 26.3 Å². The van der Waals surface area contributed by atoms with Gasteiger partial charge in [-0.25, -0.2) is 0 Å². The van der Waals surface area contributed by atoms with E-state index in [1.54, 1.807) is 0 Å². The summed E-state index contributed by atoms with van der Waals surface area (Å²) in [7, 11) is 0. The normalized spacial score (nSPS) is 20.4. The molecule has 1 saturated heterocycles. The lowest BCUT2D eigenvalue weighted by Gasteiger charge is -2.29. The van der Waals surface area contributed by atoms with Crippen LogP contribution in [0.4, 0.5) is 0 Å². The smallest absolute Gasteiger partial charge is 0.0492 e. The molecule has 1 atom stereocenters. The maximum Gasteiger partial charge on any atom is 0.0492 e. The van der Waals surface area contributed by atoms with Gasteiger partial charge in [0.25, 0.3) is 0 Å². The third kappa shape index (κ3) is 2.43. The van der Waals surface area contributed by atoms with E-state index in [0.717, 1.165) is 13.1 Å². The standard InChI is InChI=1S/C17H23N3/c1-17(2)7-8-20(12-17)16(9-18)15-11-19-10-13-5-3-4-6-14(13)15/h3-6,10-11,16H,7-9,12,18H2,1-2H3. The predicted molar refractivity (Wildman–Crippen MR) is 83.5 cm³/mol. The Bertz CT molecular complexity index is 601. The molecule has 1 aromatic carbocycles. The largest absolute Gasteiger partial charge is 0.329 e. The molecule has 1 aliphatic rings. The number of hydrogen-bond acceptors (Lipinski definition) is 3.